The quantitative estimate of drug-likeness (QED) is 0.552. The van der Waals surface area contributed by atoms with Gasteiger partial charge >= 0.3 is 0 Å². The van der Waals surface area contributed by atoms with Crippen molar-refractivity contribution >= 4 is 11.7 Å². The molecule has 0 aliphatic rings. The van der Waals surface area contributed by atoms with Crippen LogP contribution in [0.15, 0.2) is 12.1 Å². The Morgan fingerprint density at radius 1 is 1.40 bits per heavy atom. The van der Waals surface area contributed by atoms with Gasteiger partial charge in [-0.15, -0.1) is 0 Å². The number of nitrogens with zero attached hydrogens (tertiary/aromatic N) is 1. The van der Waals surface area contributed by atoms with Gasteiger partial charge in [-0.3, -0.25) is 4.79 Å². The highest BCUT2D eigenvalue weighted by molar-refractivity contribution is 5.95. The van der Waals surface area contributed by atoms with Crippen LogP contribution in [0.2, 0.25) is 0 Å². The summed E-state index contributed by atoms with van der Waals surface area (Å²) in [4.78, 5) is 16.6. The van der Waals surface area contributed by atoms with Crippen LogP contribution in [0.25, 0.3) is 0 Å². The van der Waals surface area contributed by atoms with Gasteiger partial charge in [0.25, 0.3) is 5.91 Å². The van der Waals surface area contributed by atoms with Crippen molar-refractivity contribution in [3.05, 3.63) is 23.4 Å². The van der Waals surface area contributed by atoms with E-state index in [-0.39, 0.29) is 17.2 Å². The largest absolute Gasteiger partial charge is 0.351 e. The molecule has 0 aliphatic carbocycles. The van der Waals surface area contributed by atoms with E-state index >= 15 is 0 Å². The van der Waals surface area contributed by atoms with E-state index in [1.165, 1.54) is 0 Å². The molecule has 0 atom stereocenters. The second-order valence-corrected chi connectivity index (χ2v) is 6.17. The standard InChI is InChI=1S/C15H26N4O/c1-6-15(4,5)9-17-14(20)11-7-12(10(2)3)18-13(8-11)19-16/h7-8,10H,6,9,16H2,1-5H3,(H,17,20)(H,18,19). The predicted octanol–water partition coefficient (Wildman–Crippen LogP) is 2.66. The van der Waals surface area contributed by atoms with Crippen LogP contribution in [0.1, 0.15) is 63.0 Å². The van der Waals surface area contributed by atoms with E-state index in [1.54, 1.807) is 6.07 Å². The minimum absolute atomic E-state index is 0.0904. The first-order valence-corrected chi connectivity index (χ1v) is 7.06. The summed E-state index contributed by atoms with van der Waals surface area (Å²) in [6, 6.07) is 3.49. The fourth-order valence-corrected chi connectivity index (χ4v) is 1.60. The normalized spacial score (nSPS) is 11.6. The van der Waals surface area contributed by atoms with E-state index in [1.807, 2.05) is 19.9 Å². The number of rotatable bonds is 6. The average molecular weight is 278 g/mol. The molecule has 0 fully saturated rings. The van der Waals surface area contributed by atoms with E-state index < -0.39 is 0 Å². The third-order valence-corrected chi connectivity index (χ3v) is 3.53. The van der Waals surface area contributed by atoms with Crippen LogP contribution >= 0.6 is 0 Å². The Morgan fingerprint density at radius 3 is 2.55 bits per heavy atom. The van der Waals surface area contributed by atoms with Crippen molar-refractivity contribution in [2.24, 2.45) is 11.3 Å². The van der Waals surface area contributed by atoms with Crippen LogP contribution in [-0.4, -0.2) is 17.4 Å². The van der Waals surface area contributed by atoms with E-state index in [2.05, 4.69) is 36.5 Å². The van der Waals surface area contributed by atoms with Crippen molar-refractivity contribution < 1.29 is 4.79 Å². The molecule has 4 N–H and O–H groups in total. The molecule has 0 spiro atoms. The van der Waals surface area contributed by atoms with Crippen LogP contribution in [-0.2, 0) is 0 Å². The van der Waals surface area contributed by atoms with Gasteiger partial charge in [-0.05, 0) is 29.9 Å². The van der Waals surface area contributed by atoms with Crippen LogP contribution in [0.5, 0.6) is 0 Å². The lowest BCUT2D eigenvalue weighted by molar-refractivity contribution is 0.0935. The molecular weight excluding hydrogens is 252 g/mol. The lowest BCUT2D eigenvalue weighted by atomic mass is 9.90. The molecule has 0 aromatic carbocycles. The number of nitrogen functional groups attached to an aromatic ring is 1. The monoisotopic (exact) mass is 278 g/mol. The number of pyridine rings is 1. The zero-order valence-electron chi connectivity index (χ0n) is 13.1. The summed E-state index contributed by atoms with van der Waals surface area (Å²) in [6.07, 6.45) is 1.01. The molecule has 1 heterocycles. The molecule has 5 heteroatoms. The van der Waals surface area contributed by atoms with Crippen LogP contribution in [0, 0.1) is 5.41 Å². The molecule has 1 rings (SSSR count). The zero-order valence-corrected chi connectivity index (χ0v) is 13.1. The Bertz CT molecular complexity index is 469. The minimum Gasteiger partial charge on any atom is -0.351 e. The van der Waals surface area contributed by atoms with E-state index in [9.17, 15) is 4.79 Å². The third-order valence-electron chi connectivity index (χ3n) is 3.53. The Hall–Kier alpha value is -1.62. The third kappa shape index (κ3) is 4.49. The number of nitrogens with one attached hydrogen (secondary N) is 2. The van der Waals surface area contributed by atoms with Crippen LogP contribution in [0.4, 0.5) is 5.82 Å². The van der Waals surface area contributed by atoms with Gasteiger partial charge in [0.05, 0.1) is 0 Å². The topological polar surface area (TPSA) is 80.0 Å². The first-order chi connectivity index (χ1) is 9.29. The lowest BCUT2D eigenvalue weighted by Gasteiger charge is -2.23. The molecule has 5 nitrogen and oxygen atoms in total. The minimum atomic E-state index is -0.0904. The van der Waals surface area contributed by atoms with E-state index in [0.29, 0.717) is 17.9 Å². The number of carbonyl (C=O) groups excluding carboxylic acids is 1. The molecule has 20 heavy (non-hydrogen) atoms. The van der Waals surface area contributed by atoms with Crippen molar-refractivity contribution in [3.63, 3.8) is 0 Å². The van der Waals surface area contributed by atoms with Gasteiger partial charge in [-0.1, -0.05) is 34.6 Å². The highest BCUT2D eigenvalue weighted by atomic mass is 16.1. The Balaban J connectivity index is 2.89. The van der Waals surface area contributed by atoms with Crippen molar-refractivity contribution in [2.75, 3.05) is 12.0 Å². The number of nitrogens with two attached hydrogens (primary N) is 1. The van der Waals surface area contributed by atoms with Crippen molar-refractivity contribution in [1.29, 1.82) is 0 Å². The molecule has 1 aromatic heterocycles. The van der Waals surface area contributed by atoms with Gasteiger partial charge < -0.3 is 10.7 Å². The summed E-state index contributed by atoms with van der Waals surface area (Å²) in [6.45, 7) is 11.1. The summed E-state index contributed by atoms with van der Waals surface area (Å²) < 4.78 is 0. The fourth-order valence-electron chi connectivity index (χ4n) is 1.60. The van der Waals surface area contributed by atoms with Gasteiger partial charge in [-0.25, -0.2) is 10.8 Å². The molecule has 0 aliphatic heterocycles. The highest BCUT2D eigenvalue weighted by Crippen LogP contribution is 2.19. The van der Waals surface area contributed by atoms with Crippen molar-refractivity contribution in [3.8, 4) is 0 Å². The summed E-state index contributed by atoms with van der Waals surface area (Å²) in [5.41, 5.74) is 4.04. The number of carbonyl (C=O) groups is 1. The summed E-state index contributed by atoms with van der Waals surface area (Å²) in [5, 5.41) is 2.97. The fraction of sp³-hybridized carbons (Fsp3) is 0.600. The van der Waals surface area contributed by atoms with Gasteiger partial charge in [0.1, 0.15) is 5.82 Å². The summed E-state index contributed by atoms with van der Waals surface area (Å²) >= 11 is 0. The number of aromatic nitrogens is 1. The Labute approximate surface area is 121 Å². The number of hydrazine groups is 1. The number of amides is 1. The average Bonchev–Trinajstić information content (AvgIpc) is 2.44. The maximum Gasteiger partial charge on any atom is 0.251 e. The molecule has 112 valence electrons. The Morgan fingerprint density at radius 2 is 2.05 bits per heavy atom. The number of hydrogen-bond acceptors (Lipinski definition) is 4. The maximum absolute atomic E-state index is 12.2. The molecule has 0 radical (unpaired) electrons. The molecule has 0 saturated heterocycles. The summed E-state index contributed by atoms with van der Waals surface area (Å²) in [7, 11) is 0. The van der Waals surface area contributed by atoms with Crippen molar-refractivity contribution in [1.82, 2.24) is 10.3 Å². The highest BCUT2D eigenvalue weighted by Gasteiger charge is 2.17. The maximum atomic E-state index is 12.2. The van der Waals surface area contributed by atoms with Crippen LogP contribution < -0.4 is 16.6 Å². The summed E-state index contributed by atoms with van der Waals surface area (Å²) in [5.74, 6) is 6.07. The first kappa shape index (κ1) is 16.4. The second-order valence-electron chi connectivity index (χ2n) is 6.17. The second kappa shape index (κ2) is 6.70. The smallest absolute Gasteiger partial charge is 0.251 e. The molecular formula is C15H26N4O. The molecule has 1 aromatic rings. The Kier molecular flexibility index (Phi) is 5.51. The first-order valence-electron chi connectivity index (χ1n) is 7.06. The van der Waals surface area contributed by atoms with E-state index in [0.717, 1.165) is 12.1 Å². The molecule has 0 unspecified atom stereocenters. The van der Waals surface area contributed by atoms with Gasteiger partial charge in [0, 0.05) is 17.8 Å². The lowest BCUT2D eigenvalue weighted by Crippen LogP contribution is -2.33. The van der Waals surface area contributed by atoms with Gasteiger partial charge in [-0.2, -0.15) is 0 Å². The predicted molar refractivity (Wildman–Crippen MR) is 82.5 cm³/mol. The van der Waals surface area contributed by atoms with Gasteiger partial charge in [0.2, 0.25) is 0 Å². The van der Waals surface area contributed by atoms with E-state index in [4.69, 9.17) is 5.84 Å². The zero-order chi connectivity index (χ0) is 15.3. The number of anilines is 1. The molecule has 0 bridgehead atoms. The van der Waals surface area contributed by atoms with Gasteiger partial charge in [0.15, 0.2) is 0 Å². The molecule has 1 amide bonds. The molecule has 0 saturated carbocycles. The number of hydrogen-bond donors (Lipinski definition) is 3. The van der Waals surface area contributed by atoms with Crippen LogP contribution in [0.3, 0.4) is 0 Å². The van der Waals surface area contributed by atoms with Crippen molar-refractivity contribution in [2.45, 2.75) is 47.0 Å². The SMILES string of the molecule is CCC(C)(C)CNC(=O)c1cc(NN)nc(C(C)C)c1.